The van der Waals surface area contributed by atoms with Gasteiger partial charge in [-0.1, -0.05) is 29.9 Å². The molecule has 2 rings (SSSR count). The largest absolute Gasteiger partial charge is 0.468 e. The Hall–Kier alpha value is -1.92. The highest BCUT2D eigenvalue weighted by molar-refractivity contribution is 7.81. The summed E-state index contributed by atoms with van der Waals surface area (Å²) in [6.45, 7) is 3.77. The molecule has 1 unspecified atom stereocenters. The molecule has 0 saturated carbocycles. The number of anilines is 1. The normalized spacial score (nSPS) is 19.3. The fourth-order valence-corrected chi connectivity index (χ4v) is 3.34. The number of benzene rings is 1. The Morgan fingerprint density at radius 1 is 1.30 bits per heavy atom. The molecule has 7 heteroatoms. The van der Waals surface area contributed by atoms with Gasteiger partial charge in [0.2, 0.25) is 5.41 Å². The summed E-state index contributed by atoms with van der Waals surface area (Å²) < 4.78 is 9.64. The fourth-order valence-electron chi connectivity index (χ4n) is 2.72. The van der Waals surface area contributed by atoms with Crippen molar-refractivity contribution >= 4 is 46.4 Å². The van der Waals surface area contributed by atoms with Gasteiger partial charge in [-0.25, -0.2) is 0 Å². The maximum atomic E-state index is 12.3. The highest BCUT2D eigenvalue weighted by Crippen LogP contribution is 2.42. The van der Waals surface area contributed by atoms with Crippen LogP contribution in [-0.2, 0) is 19.1 Å². The number of rotatable bonds is 4. The summed E-state index contributed by atoms with van der Waals surface area (Å²) in [5, 5.41) is 0.571. The first-order valence-corrected chi connectivity index (χ1v) is 7.59. The summed E-state index contributed by atoms with van der Waals surface area (Å²) in [6, 6.07) is 6.58. The lowest BCUT2D eigenvalue weighted by Gasteiger charge is -2.26. The predicted molar refractivity (Wildman–Crippen MR) is 91.6 cm³/mol. The van der Waals surface area contributed by atoms with Gasteiger partial charge in [0, 0.05) is 17.1 Å². The van der Waals surface area contributed by atoms with E-state index in [0.29, 0.717) is 10.7 Å². The minimum Gasteiger partial charge on any atom is -0.468 e. The minimum absolute atomic E-state index is 0.108. The highest BCUT2D eigenvalue weighted by Gasteiger charge is 2.60. The summed E-state index contributed by atoms with van der Waals surface area (Å²) in [7, 11) is 2.42. The van der Waals surface area contributed by atoms with Gasteiger partial charge in [0.1, 0.15) is 4.99 Å². The van der Waals surface area contributed by atoms with Gasteiger partial charge in [-0.2, -0.15) is 0 Å². The first-order valence-electron chi connectivity index (χ1n) is 6.81. The topological polar surface area (TPSA) is 55.8 Å². The zero-order valence-corrected chi connectivity index (χ0v) is 14.3. The van der Waals surface area contributed by atoms with Crippen LogP contribution in [0.1, 0.15) is 6.42 Å². The van der Waals surface area contributed by atoms with E-state index in [4.69, 9.17) is 33.3 Å². The lowest BCUT2D eigenvalue weighted by molar-refractivity contribution is -0.163. The van der Waals surface area contributed by atoms with E-state index in [-0.39, 0.29) is 17.5 Å². The molecule has 1 heterocycles. The molecule has 0 aromatic heterocycles. The Kier molecular flexibility index (Phi) is 5.06. The van der Waals surface area contributed by atoms with Crippen LogP contribution in [0.4, 0.5) is 5.69 Å². The maximum absolute atomic E-state index is 12.3. The molecule has 5 nitrogen and oxygen atoms in total. The highest BCUT2D eigenvalue weighted by atomic mass is 35.5. The molecule has 1 aromatic carbocycles. The van der Waals surface area contributed by atoms with Crippen molar-refractivity contribution in [3.8, 4) is 0 Å². The molecule has 0 N–H and O–H groups in total. The Morgan fingerprint density at radius 2 is 1.83 bits per heavy atom. The lowest BCUT2D eigenvalue weighted by atomic mass is 9.85. The van der Waals surface area contributed by atoms with Crippen LogP contribution in [0.2, 0.25) is 5.02 Å². The van der Waals surface area contributed by atoms with Crippen molar-refractivity contribution in [3.05, 3.63) is 41.9 Å². The molecule has 23 heavy (non-hydrogen) atoms. The SMILES string of the molecule is C=CC1CC(C(=O)OC)(C(=O)OC)C(=S)N1c1ccc(Cl)cc1. The molecule has 0 bridgehead atoms. The molecule has 1 fully saturated rings. The van der Waals surface area contributed by atoms with Crippen molar-refractivity contribution in [1.82, 2.24) is 0 Å². The number of carbonyl (C=O) groups is 2. The van der Waals surface area contributed by atoms with Gasteiger partial charge in [-0.05, 0) is 24.3 Å². The molecule has 0 amide bonds. The number of hydrogen-bond donors (Lipinski definition) is 0. The van der Waals surface area contributed by atoms with E-state index in [9.17, 15) is 9.59 Å². The quantitative estimate of drug-likeness (QED) is 0.359. The van der Waals surface area contributed by atoms with Crippen LogP contribution < -0.4 is 4.90 Å². The number of esters is 2. The van der Waals surface area contributed by atoms with Gasteiger partial charge in [0.05, 0.1) is 20.3 Å². The van der Waals surface area contributed by atoms with Crippen molar-refractivity contribution in [2.45, 2.75) is 12.5 Å². The summed E-state index contributed by atoms with van der Waals surface area (Å²) in [5.41, 5.74) is -0.948. The Labute approximate surface area is 144 Å². The Balaban J connectivity index is 2.55. The smallest absolute Gasteiger partial charge is 0.330 e. The summed E-state index contributed by atoms with van der Waals surface area (Å²) in [5.74, 6) is -1.48. The number of thiocarbonyl (C=S) groups is 1. The van der Waals surface area contributed by atoms with Crippen LogP contribution >= 0.6 is 23.8 Å². The molecule has 0 aliphatic carbocycles. The molecule has 0 radical (unpaired) electrons. The Bertz CT molecular complexity index is 643. The molecule has 1 aromatic rings. The number of halogens is 1. The monoisotopic (exact) mass is 353 g/mol. The second-order valence-corrected chi connectivity index (χ2v) is 5.87. The molecular formula is C16H16ClNO4S. The van der Waals surface area contributed by atoms with Crippen molar-refractivity contribution in [1.29, 1.82) is 0 Å². The zero-order valence-electron chi connectivity index (χ0n) is 12.7. The van der Waals surface area contributed by atoms with E-state index in [2.05, 4.69) is 6.58 Å². The standard InChI is InChI=1S/C16H16ClNO4S/c1-4-11-9-16(14(19)21-2,15(20)22-3)13(23)18(11)12-7-5-10(17)6-8-12/h4-8,11H,1,9H2,2-3H3. The number of hydrogen-bond acceptors (Lipinski definition) is 5. The average molecular weight is 354 g/mol. The molecule has 0 spiro atoms. The summed E-state index contributed by atoms with van der Waals surface area (Å²) in [4.78, 5) is 26.5. The first-order chi connectivity index (χ1) is 10.9. The second kappa shape index (κ2) is 6.68. The molecule has 1 aliphatic heterocycles. The van der Waals surface area contributed by atoms with Gasteiger partial charge in [-0.15, -0.1) is 6.58 Å². The first kappa shape index (κ1) is 17.4. The number of methoxy groups -OCH3 is 2. The summed E-state index contributed by atoms with van der Waals surface area (Å²) in [6.07, 6.45) is 1.74. The maximum Gasteiger partial charge on any atom is 0.330 e. The molecule has 122 valence electrons. The van der Waals surface area contributed by atoms with Crippen molar-refractivity contribution in [3.63, 3.8) is 0 Å². The molecule has 1 saturated heterocycles. The second-order valence-electron chi connectivity index (χ2n) is 5.05. The van der Waals surface area contributed by atoms with E-state index in [1.165, 1.54) is 14.2 Å². The van der Waals surface area contributed by atoms with Gasteiger partial charge >= 0.3 is 11.9 Å². The van der Waals surface area contributed by atoms with E-state index in [1.807, 2.05) is 0 Å². The number of ether oxygens (including phenoxy) is 2. The number of carbonyl (C=O) groups excluding carboxylic acids is 2. The third kappa shape index (κ3) is 2.72. The van der Waals surface area contributed by atoms with Crippen molar-refractivity contribution in [2.75, 3.05) is 19.1 Å². The van der Waals surface area contributed by atoms with E-state index < -0.39 is 17.4 Å². The van der Waals surface area contributed by atoms with Crippen LogP contribution in [0.25, 0.3) is 0 Å². The average Bonchev–Trinajstić information content (AvgIpc) is 2.88. The number of nitrogens with zero attached hydrogens (tertiary/aromatic N) is 1. The minimum atomic E-state index is -1.66. The summed E-state index contributed by atoms with van der Waals surface area (Å²) >= 11 is 11.4. The van der Waals surface area contributed by atoms with Crippen molar-refractivity contribution < 1.29 is 19.1 Å². The van der Waals surface area contributed by atoms with Gasteiger partial charge in [-0.3, -0.25) is 9.59 Å². The predicted octanol–water partition coefficient (Wildman–Crippen LogP) is 2.76. The fraction of sp³-hybridized carbons (Fsp3) is 0.312. The van der Waals surface area contributed by atoms with Gasteiger partial charge in [0.15, 0.2) is 0 Å². The van der Waals surface area contributed by atoms with Crippen LogP contribution in [0, 0.1) is 5.41 Å². The van der Waals surface area contributed by atoms with Crippen LogP contribution in [0.5, 0.6) is 0 Å². The van der Waals surface area contributed by atoms with Crippen LogP contribution in [-0.4, -0.2) is 37.2 Å². The lowest BCUT2D eigenvalue weighted by Crippen LogP contribution is -2.47. The third-order valence-corrected chi connectivity index (χ3v) is 4.67. The molecular weight excluding hydrogens is 338 g/mol. The van der Waals surface area contributed by atoms with Crippen molar-refractivity contribution in [2.24, 2.45) is 5.41 Å². The molecule has 1 atom stereocenters. The Morgan fingerprint density at radius 3 is 2.26 bits per heavy atom. The van der Waals surface area contributed by atoms with Gasteiger partial charge < -0.3 is 14.4 Å². The van der Waals surface area contributed by atoms with E-state index >= 15 is 0 Å². The van der Waals surface area contributed by atoms with Gasteiger partial charge in [0.25, 0.3) is 0 Å². The van der Waals surface area contributed by atoms with E-state index in [1.54, 1.807) is 35.2 Å². The zero-order chi connectivity index (χ0) is 17.2. The third-order valence-electron chi connectivity index (χ3n) is 3.88. The molecule has 1 aliphatic rings. The van der Waals surface area contributed by atoms with E-state index in [0.717, 1.165) is 0 Å². The van der Waals surface area contributed by atoms with Crippen LogP contribution in [0.15, 0.2) is 36.9 Å². The van der Waals surface area contributed by atoms with Crippen LogP contribution in [0.3, 0.4) is 0 Å².